The number of nitrogens with two attached hydrogens (primary N) is 1. The summed E-state index contributed by atoms with van der Waals surface area (Å²) in [7, 11) is 0. The van der Waals surface area contributed by atoms with Gasteiger partial charge in [-0.2, -0.15) is 0 Å². The van der Waals surface area contributed by atoms with Crippen LogP contribution >= 0.6 is 0 Å². The van der Waals surface area contributed by atoms with E-state index in [1.54, 1.807) is 12.1 Å². The lowest BCUT2D eigenvalue weighted by Gasteiger charge is -2.26. The Kier molecular flexibility index (Phi) is 4.72. The highest BCUT2D eigenvalue weighted by molar-refractivity contribution is 5.26. The second kappa shape index (κ2) is 6.30. The molecule has 0 radical (unpaired) electrons. The molecule has 1 saturated carbocycles. The van der Waals surface area contributed by atoms with E-state index >= 15 is 0 Å². The van der Waals surface area contributed by atoms with Crippen LogP contribution in [0.3, 0.4) is 0 Å². The molecule has 1 atom stereocenters. The Bertz CT molecular complexity index is 366. The molecule has 0 bridgehead atoms. The minimum absolute atomic E-state index is 0.0718. The van der Waals surface area contributed by atoms with Gasteiger partial charge in [-0.15, -0.1) is 0 Å². The molecule has 0 aliphatic heterocycles. The molecule has 2 nitrogen and oxygen atoms in total. The van der Waals surface area contributed by atoms with Gasteiger partial charge in [0.05, 0.1) is 0 Å². The highest BCUT2D eigenvalue weighted by Crippen LogP contribution is 2.31. The maximum absolute atomic E-state index is 13.4. The molecule has 0 aromatic heterocycles. The first-order valence-electron chi connectivity index (χ1n) is 6.92. The summed E-state index contributed by atoms with van der Waals surface area (Å²) in [6, 6.07) is 5.25. The summed E-state index contributed by atoms with van der Waals surface area (Å²) in [5.41, 5.74) is 4.78. The van der Waals surface area contributed by atoms with Gasteiger partial charge in [-0.25, -0.2) is 4.39 Å². The molecule has 1 unspecified atom stereocenters. The third-order valence-electron chi connectivity index (χ3n) is 3.96. The van der Waals surface area contributed by atoms with Crippen LogP contribution in [-0.2, 0) is 0 Å². The average molecular weight is 250 g/mol. The summed E-state index contributed by atoms with van der Waals surface area (Å²) in [4.78, 5) is 0. The van der Waals surface area contributed by atoms with Crippen molar-refractivity contribution >= 4 is 0 Å². The standard InChI is InChI=1S/C15H23FN2/c1-11-7-13(10-14(16)8-11)15(18-17)9-12-5-3-2-4-6-12/h7-8,10,12,15,18H,2-6,9,17H2,1H3. The second-order valence-corrected chi connectivity index (χ2v) is 5.52. The van der Waals surface area contributed by atoms with Crippen LogP contribution in [0.25, 0.3) is 0 Å². The number of benzene rings is 1. The van der Waals surface area contributed by atoms with Gasteiger partial charge in [0.2, 0.25) is 0 Å². The quantitative estimate of drug-likeness (QED) is 0.633. The Morgan fingerprint density at radius 3 is 2.61 bits per heavy atom. The molecule has 1 aromatic carbocycles. The molecule has 3 N–H and O–H groups in total. The predicted molar refractivity (Wildman–Crippen MR) is 72.4 cm³/mol. The monoisotopic (exact) mass is 250 g/mol. The van der Waals surface area contributed by atoms with Crippen LogP contribution in [-0.4, -0.2) is 0 Å². The number of hydrogen-bond donors (Lipinski definition) is 2. The average Bonchev–Trinajstić information content (AvgIpc) is 2.36. The van der Waals surface area contributed by atoms with E-state index in [9.17, 15) is 4.39 Å². The minimum Gasteiger partial charge on any atom is -0.271 e. The summed E-state index contributed by atoms with van der Waals surface area (Å²) < 4.78 is 13.4. The zero-order chi connectivity index (χ0) is 13.0. The fraction of sp³-hybridized carbons (Fsp3) is 0.600. The van der Waals surface area contributed by atoms with Crippen molar-refractivity contribution in [2.24, 2.45) is 11.8 Å². The third-order valence-corrected chi connectivity index (χ3v) is 3.96. The van der Waals surface area contributed by atoms with E-state index in [2.05, 4.69) is 5.43 Å². The smallest absolute Gasteiger partial charge is 0.123 e. The summed E-state index contributed by atoms with van der Waals surface area (Å²) in [6.07, 6.45) is 7.59. The summed E-state index contributed by atoms with van der Waals surface area (Å²) in [5.74, 6) is 6.20. The molecule has 100 valence electrons. The Morgan fingerprint density at radius 2 is 2.00 bits per heavy atom. The van der Waals surface area contributed by atoms with E-state index in [1.807, 2.05) is 13.0 Å². The van der Waals surface area contributed by atoms with Crippen LogP contribution in [0.4, 0.5) is 4.39 Å². The lowest BCUT2D eigenvalue weighted by Crippen LogP contribution is -2.30. The number of halogens is 1. The van der Waals surface area contributed by atoms with Gasteiger partial charge < -0.3 is 0 Å². The van der Waals surface area contributed by atoms with Crippen molar-refractivity contribution in [3.63, 3.8) is 0 Å². The molecule has 0 spiro atoms. The van der Waals surface area contributed by atoms with Crippen LogP contribution < -0.4 is 11.3 Å². The Hall–Kier alpha value is -0.930. The fourth-order valence-electron chi connectivity index (χ4n) is 3.02. The van der Waals surface area contributed by atoms with Gasteiger partial charge in [0.25, 0.3) is 0 Å². The van der Waals surface area contributed by atoms with Crippen LogP contribution in [0.2, 0.25) is 0 Å². The topological polar surface area (TPSA) is 38.0 Å². The molecule has 18 heavy (non-hydrogen) atoms. The largest absolute Gasteiger partial charge is 0.271 e. The van der Waals surface area contributed by atoms with Gasteiger partial charge in [0.15, 0.2) is 0 Å². The van der Waals surface area contributed by atoms with Crippen molar-refractivity contribution in [2.45, 2.75) is 51.5 Å². The van der Waals surface area contributed by atoms with Gasteiger partial charge in [-0.05, 0) is 42.5 Å². The van der Waals surface area contributed by atoms with Crippen molar-refractivity contribution in [1.82, 2.24) is 5.43 Å². The zero-order valence-corrected chi connectivity index (χ0v) is 11.1. The molecule has 2 rings (SSSR count). The van der Waals surface area contributed by atoms with Gasteiger partial charge in [0, 0.05) is 6.04 Å². The van der Waals surface area contributed by atoms with E-state index < -0.39 is 0 Å². The van der Waals surface area contributed by atoms with Crippen molar-refractivity contribution in [3.8, 4) is 0 Å². The fourth-order valence-corrected chi connectivity index (χ4v) is 3.02. The van der Waals surface area contributed by atoms with E-state index in [4.69, 9.17) is 5.84 Å². The van der Waals surface area contributed by atoms with E-state index in [1.165, 1.54) is 32.1 Å². The minimum atomic E-state index is -0.172. The molecular formula is C15H23FN2. The first-order chi connectivity index (χ1) is 8.69. The van der Waals surface area contributed by atoms with E-state index in [-0.39, 0.29) is 11.9 Å². The highest BCUT2D eigenvalue weighted by Gasteiger charge is 2.19. The number of aryl methyl sites for hydroxylation is 1. The second-order valence-electron chi connectivity index (χ2n) is 5.52. The van der Waals surface area contributed by atoms with Crippen LogP contribution in [0.5, 0.6) is 0 Å². The summed E-state index contributed by atoms with van der Waals surface area (Å²) >= 11 is 0. The maximum atomic E-state index is 13.4. The van der Waals surface area contributed by atoms with Crippen molar-refractivity contribution < 1.29 is 4.39 Å². The van der Waals surface area contributed by atoms with Crippen LogP contribution in [0.15, 0.2) is 18.2 Å². The number of nitrogens with one attached hydrogen (secondary N) is 1. The lowest BCUT2D eigenvalue weighted by molar-refractivity contribution is 0.300. The molecule has 1 aromatic rings. The third kappa shape index (κ3) is 3.53. The lowest BCUT2D eigenvalue weighted by atomic mass is 9.83. The van der Waals surface area contributed by atoms with E-state index in [0.717, 1.165) is 23.5 Å². The Morgan fingerprint density at radius 1 is 1.28 bits per heavy atom. The zero-order valence-electron chi connectivity index (χ0n) is 11.1. The highest BCUT2D eigenvalue weighted by atomic mass is 19.1. The first-order valence-corrected chi connectivity index (χ1v) is 6.92. The number of rotatable bonds is 4. The van der Waals surface area contributed by atoms with Crippen molar-refractivity contribution in [3.05, 3.63) is 35.1 Å². The Balaban J connectivity index is 2.06. The molecule has 0 amide bonds. The SMILES string of the molecule is Cc1cc(F)cc(C(CC2CCCCC2)NN)c1. The molecule has 1 aliphatic carbocycles. The summed E-state index contributed by atoms with van der Waals surface area (Å²) in [5, 5.41) is 0. The molecular weight excluding hydrogens is 227 g/mol. The maximum Gasteiger partial charge on any atom is 0.123 e. The molecule has 1 fully saturated rings. The van der Waals surface area contributed by atoms with Crippen molar-refractivity contribution in [2.75, 3.05) is 0 Å². The number of hydrogen-bond acceptors (Lipinski definition) is 2. The molecule has 1 aliphatic rings. The normalized spacial score (nSPS) is 18.8. The van der Waals surface area contributed by atoms with Crippen LogP contribution in [0.1, 0.15) is 55.7 Å². The van der Waals surface area contributed by atoms with E-state index in [0.29, 0.717) is 0 Å². The van der Waals surface area contributed by atoms with Gasteiger partial charge in [0.1, 0.15) is 5.82 Å². The first kappa shape index (κ1) is 13.5. The van der Waals surface area contributed by atoms with Crippen molar-refractivity contribution in [1.29, 1.82) is 0 Å². The van der Waals surface area contributed by atoms with Gasteiger partial charge in [-0.1, -0.05) is 38.2 Å². The van der Waals surface area contributed by atoms with Crippen LogP contribution in [0, 0.1) is 18.7 Å². The summed E-state index contributed by atoms with van der Waals surface area (Å²) in [6.45, 7) is 1.92. The number of hydrazine groups is 1. The predicted octanol–water partition coefficient (Wildman–Crippen LogP) is 3.61. The van der Waals surface area contributed by atoms with Gasteiger partial charge >= 0.3 is 0 Å². The molecule has 3 heteroatoms. The van der Waals surface area contributed by atoms with Gasteiger partial charge in [-0.3, -0.25) is 11.3 Å². The molecule has 0 saturated heterocycles. The molecule has 0 heterocycles. The Labute approximate surface area is 109 Å².